The van der Waals surface area contributed by atoms with Crippen LogP contribution in [0.25, 0.3) is 16.6 Å². The molecule has 0 aliphatic carbocycles. The summed E-state index contributed by atoms with van der Waals surface area (Å²) in [5, 5.41) is 17.6. The van der Waals surface area contributed by atoms with E-state index in [-0.39, 0.29) is 39.4 Å². The molecule has 184 valence electrons. The van der Waals surface area contributed by atoms with E-state index < -0.39 is 17.2 Å². The van der Waals surface area contributed by atoms with Crippen LogP contribution in [0, 0.1) is 17.1 Å². The Hall–Kier alpha value is -4.53. The Morgan fingerprint density at radius 2 is 1.95 bits per heavy atom. The molecule has 10 nitrogen and oxygen atoms in total. The average molecular weight is 537 g/mol. The monoisotopic (exact) mass is 536 g/mol. The highest BCUT2D eigenvalue weighted by atomic mass is 35.5. The summed E-state index contributed by atoms with van der Waals surface area (Å²) in [5.41, 5.74) is -0.246. The first-order valence-electron chi connectivity index (χ1n) is 10.7. The highest BCUT2D eigenvalue weighted by Crippen LogP contribution is 2.24. The number of aromatic nitrogens is 6. The standard InChI is InChI=1S/C24H15Cl2FN8O2/c1-33-11-15-5-17(2-3-21(15)32-33)30-22-31-23(36)35(18-6-16(25)9-29-10-18)24(37)34(22)12-14-4-13(8-28)20(27)7-19(14)26/h2-7,9-11H,12H2,1H3,(H,30,31,36). The molecular weight excluding hydrogens is 522 g/mol. The number of fused-ring (bicyclic) bond motifs is 1. The van der Waals surface area contributed by atoms with E-state index in [0.717, 1.165) is 26.1 Å². The number of pyridine rings is 1. The molecule has 0 saturated carbocycles. The number of aryl methyl sites for hydroxylation is 1. The molecule has 3 aromatic heterocycles. The van der Waals surface area contributed by atoms with E-state index in [1.165, 1.54) is 24.5 Å². The summed E-state index contributed by atoms with van der Waals surface area (Å²) in [7, 11) is 1.79. The zero-order valence-corrected chi connectivity index (χ0v) is 20.5. The van der Waals surface area contributed by atoms with Gasteiger partial charge in [0, 0.05) is 35.5 Å². The fourth-order valence-electron chi connectivity index (χ4n) is 3.80. The van der Waals surface area contributed by atoms with Crippen molar-refractivity contribution in [1.29, 1.82) is 5.26 Å². The van der Waals surface area contributed by atoms with Gasteiger partial charge < -0.3 is 5.32 Å². The number of halogens is 3. The third-order valence-electron chi connectivity index (χ3n) is 5.48. The van der Waals surface area contributed by atoms with Crippen LogP contribution < -0.4 is 16.7 Å². The van der Waals surface area contributed by atoms with Gasteiger partial charge in [0.1, 0.15) is 11.9 Å². The Labute approximate surface area is 217 Å². The number of benzene rings is 2. The van der Waals surface area contributed by atoms with Crippen molar-refractivity contribution in [3.8, 4) is 11.8 Å². The molecule has 37 heavy (non-hydrogen) atoms. The molecule has 5 aromatic rings. The molecule has 2 aromatic carbocycles. The third-order valence-corrected chi connectivity index (χ3v) is 6.04. The first-order valence-corrected chi connectivity index (χ1v) is 11.4. The second-order valence-electron chi connectivity index (χ2n) is 8.02. The minimum atomic E-state index is -0.877. The van der Waals surface area contributed by atoms with E-state index in [2.05, 4.69) is 20.4 Å². The van der Waals surface area contributed by atoms with Gasteiger partial charge in [-0.15, -0.1) is 0 Å². The van der Waals surface area contributed by atoms with Crippen LogP contribution in [0.15, 0.2) is 64.6 Å². The van der Waals surface area contributed by atoms with Gasteiger partial charge in [0.25, 0.3) is 0 Å². The van der Waals surface area contributed by atoms with Crippen molar-refractivity contribution in [3.05, 3.63) is 103 Å². The fourth-order valence-corrected chi connectivity index (χ4v) is 4.18. The normalized spacial score (nSPS) is 11.0. The lowest BCUT2D eigenvalue weighted by molar-refractivity contribution is 0.620. The lowest BCUT2D eigenvalue weighted by Crippen LogP contribution is -2.41. The molecule has 1 N–H and O–H groups in total. The third kappa shape index (κ3) is 4.67. The second-order valence-corrected chi connectivity index (χ2v) is 8.86. The zero-order valence-electron chi connectivity index (χ0n) is 19.0. The molecular formula is C24H15Cl2FN8O2. The Morgan fingerprint density at radius 1 is 1.14 bits per heavy atom. The van der Waals surface area contributed by atoms with Crippen LogP contribution >= 0.6 is 23.2 Å². The predicted octanol–water partition coefficient (Wildman–Crippen LogP) is 3.79. The maximum atomic E-state index is 14.0. The molecule has 0 saturated heterocycles. The van der Waals surface area contributed by atoms with Gasteiger partial charge in [-0.05, 0) is 42.0 Å². The predicted molar refractivity (Wildman–Crippen MR) is 136 cm³/mol. The molecule has 13 heteroatoms. The van der Waals surface area contributed by atoms with E-state index in [9.17, 15) is 19.2 Å². The summed E-state index contributed by atoms with van der Waals surface area (Å²) in [6.07, 6.45) is 4.46. The van der Waals surface area contributed by atoms with Crippen molar-refractivity contribution >= 4 is 45.7 Å². The summed E-state index contributed by atoms with van der Waals surface area (Å²) in [5.74, 6) is -0.886. The van der Waals surface area contributed by atoms with Crippen molar-refractivity contribution in [2.24, 2.45) is 7.05 Å². The first kappa shape index (κ1) is 24.2. The first-order chi connectivity index (χ1) is 17.7. The lowest BCUT2D eigenvalue weighted by Gasteiger charge is -2.16. The van der Waals surface area contributed by atoms with Crippen molar-refractivity contribution in [1.82, 2.24) is 28.9 Å². The summed E-state index contributed by atoms with van der Waals surface area (Å²) < 4.78 is 17.7. The molecule has 0 unspecified atom stereocenters. The Morgan fingerprint density at radius 3 is 2.70 bits per heavy atom. The highest BCUT2D eigenvalue weighted by molar-refractivity contribution is 6.31. The molecule has 0 aliphatic heterocycles. The van der Waals surface area contributed by atoms with E-state index in [4.69, 9.17) is 23.2 Å². The van der Waals surface area contributed by atoms with E-state index in [1.807, 2.05) is 6.20 Å². The molecule has 0 spiro atoms. The van der Waals surface area contributed by atoms with Gasteiger partial charge in [-0.3, -0.25) is 14.2 Å². The van der Waals surface area contributed by atoms with Gasteiger partial charge in [-0.1, -0.05) is 23.2 Å². The van der Waals surface area contributed by atoms with Gasteiger partial charge >= 0.3 is 11.4 Å². The van der Waals surface area contributed by atoms with Crippen LogP contribution in [0.2, 0.25) is 10.0 Å². The number of anilines is 2. The Bertz CT molecular complexity index is 1860. The number of nitrogens with zero attached hydrogens (tertiary/aromatic N) is 7. The maximum Gasteiger partial charge on any atom is 0.359 e. The Kier molecular flexibility index (Phi) is 6.20. The number of rotatable bonds is 5. The van der Waals surface area contributed by atoms with Crippen molar-refractivity contribution < 1.29 is 4.39 Å². The molecule has 0 bridgehead atoms. The molecule has 0 fully saturated rings. The van der Waals surface area contributed by atoms with Gasteiger partial charge in [0.05, 0.1) is 34.5 Å². The molecule has 0 radical (unpaired) electrons. The Balaban J connectivity index is 1.69. The van der Waals surface area contributed by atoms with Gasteiger partial charge in [-0.2, -0.15) is 15.3 Å². The van der Waals surface area contributed by atoms with Crippen LogP contribution in [0.4, 0.5) is 16.0 Å². The maximum absolute atomic E-state index is 14.0. The zero-order chi connectivity index (χ0) is 26.3. The van der Waals surface area contributed by atoms with E-state index >= 15 is 0 Å². The van der Waals surface area contributed by atoms with Crippen LogP contribution in [-0.2, 0) is 13.6 Å². The van der Waals surface area contributed by atoms with Crippen LogP contribution in [-0.4, -0.2) is 28.9 Å². The van der Waals surface area contributed by atoms with Crippen molar-refractivity contribution in [2.45, 2.75) is 6.54 Å². The van der Waals surface area contributed by atoms with Gasteiger partial charge in [0.15, 0.2) is 0 Å². The second kappa shape index (κ2) is 9.50. The summed E-state index contributed by atoms with van der Waals surface area (Å²) >= 11 is 12.3. The van der Waals surface area contributed by atoms with Crippen LogP contribution in [0.3, 0.4) is 0 Å². The SMILES string of the molecule is Cn1cc2cc(Nc3nc(=O)n(-c4cncc(Cl)c4)c(=O)n3Cc3cc(C#N)c(F)cc3Cl)ccc2n1. The molecule has 0 aliphatic rings. The minimum absolute atomic E-state index is 0.00620. The molecule has 0 atom stereocenters. The van der Waals surface area contributed by atoms with E-state index in [1.54, 1.807) is 36.0 Å². The average Bonchev–Trinajstić information content (AvgIpc) is 3.22. The van der Waals surface area contributed by atoms with Gasteiger partial charge in [0.2, 0.25) is 5.95 Å². The quantitative estimate of drug-likeness (QED) is 0.362. The van der Waals surface area contributed by atoms with Gasteiger partial charge in [-0.25, -0.2) is 18.5 Å². The van der Waals surface area contributed by atoms with Crippen molar-refractivity contribution in [2.75, 3.05) is 5.32 Å². The molecule has 0 amide bonds. The highest BCUT2D eigenvalue weighted by Gasteiger charge is 2.18. The summed E-state index contributed by atoms with van der Waals surface area (Å²) in [6, 6.07) is 10.7. The van der Waals surface area contributed by atoms with Crippen molar-refractivity contribution in [3.63, 3.8) is 0 Å². The number of hydrogen-bond donors (Lipinski definition) is 1. The van der Waals surface area contributed by atoms with E-state index in [0.29, 0.717) is 5.69 Å². The topological polar surface area (TPSA) is 123 Å². The van der Waals surface area contributed by atoms with Crippen LogP contribution in [0.5, 0.6) is 0 Å². The van der Waals surface area contributed by atoms with Crippen LogP contribution in [0.1, 0.15) is 11.1 Å². The lowest BCUT2D eigenvalue weighted by atomic mass is 10.1. The summed E-state index contributed by atoms with van der Waals surface area (Å²) in [4.78, 5) is 34.7. The smallest absolute Gasteiger partial charge is 0.325 e. The minimum Gasteiger partial charge on any atom is -0.325 e. The number of hydrogen-bond acceptors (Lipinski definition) is 7. The summed E-state index contributed by atoms with van der Waals surface area (Å²) in [6.45, 7) is -0.231. The molecule has 3 heterocycles. The number of nitriles is 1. The largest absolute Gasteiger partial charge is 0.359 e. The number of nitrogens with one attached hydrogen (secondary N) is 1. The molecule has 5 rings (SSSR count). The fraction of sp³-hybridized carbons (Fsp3) is 0.0833.